The molecule has 1 N–H and O–H groups in total. The number of ether oxygens (including phenoxy) is 2. The fourth-order valence-electron chi connectivity index (χ4n) is 3.01. The van der Waals surface area contributed by atoms with Gasteiger partial charge in [0.2, 0.25) is 5.91 Å². The van der Waals surface area contributed by atoms with Gasteiger partial charge in [0, 0.05) is 6.04 Å². The summed E-state index contributed by atoms with van der Waals surface area (Å²) in [6.07, 6.45) is -2.57. The molecule has 0 aliphatic heterocycles. The van der Waals surface area contributed by atoms with Gasteiger partial charge in [0.15, 0.2) is 11.0 Å². The lowest BCUT2D eigenvalue weighted by Gasteiger charge is -2.13. The Balaban J connectivity index is 1.58. The molecule has 0 spiro atoms. The van der Waals surface area contributed by atoms with Gasteiger partial charge in [0.1, 0.15) is 18.1 Å². The summed E-state index contributed by atoms with van der Waals surface area (Å²) in [4.78, 5) is 12.1. The molecule has 0 bridgehead atoms. The van der Waals surface area contributed by atoms with E-state index in [-0.39, 0.29) is 30.0 Å². The summed E-state index contributed by atoms with van der Waals surface area (Å²) in [6, 6.07) is 12.0. The monoisotopic (exact) mass is 478 g/mol. The number of nitrogens with zero attached hydrogens (tertiary/aromatic N) is 3. The van der Waals surface area contributed by atoms with Crippen molar-refractivity contribution in [1.29, 1.82) is 0 Å². The third-order valence-electron chi connectivity index (χ3n) is 4.83. The van der Waals surface area contributed by atoms with Gasteiger partial charge < -0.3 is 14.8 Å². The number of carbonyl (C=O) groups is 1. The molecule has 1 aliphatic rings. The van der Waals surface area contributed by atoms with Crippen LogP contribution in [0, 0.1) is 0 Å². The normalized spacial score (nSPS) is 13.6. The molecule has 0 unspecified atom stereocenters. The number of carbonyl (C=O) groups excluding carboxylic acids is 1. The molecule has 33 heavy (non-hydrogen) atoms. The van der Waals surface area contributed by atoms with E-state index in [1.54, 1.807) is 31.4 Å². The van der Waals surface area contributed by atoms with Crippen molar-refractivity contribution in [1.82, 2.24) is 20.1 Å². The van der Waals surface area contributed by atoms with E-state index in [1.165, 1.54) is 16.7 Å². The number of benzene rings is 2. The van der Waals surface area contributed by atoms with E-state index in [4.69, 9.17) is 9.47 Å². The minimum atomic E-state index is -4.50. The van der Waals surface area contributed by atoms with Crippen LogP contribution in [0.1, 0.15) is 24.2 Å². The van der Waals surface area contributed by atoms with Gasteiger partial charge in [-0.1, -0.05) is 17.8 Å². The molecule has 174 valence electrons. The van der Waals surface area contributed by atoms with E-state index in [2.05, 4.69) is 15.5 Å². The number of rotatable bonds is 9. The van der Waals surface area contributed by atoms with E-state index < -0.39 is 11.7 Å². The van der Waals surface area contributed by atoms with Crippen LogP contribution in [0.25, 0.3) is 5.69 Å². The maximum Gasteiger partial charge on any atom is 0.416 e. The fourth-order valence-corrected chi connectivity index (χ4v) is 3.80. The number of thioether (sulfide) groups is 1. The molecule has 4 rings (SSSR count). The van der Waals surface area contributed by atoms with E-state index in [0.29, 0.717) is 22.5 Å². The molecule has 7 nitrogen and oxygen atoms in total. The van der Waals surface area contributed by atoms with Crippen LogP contribution in [-0.4, -0.2) is 39.6 Å². The molecule has 1 heterocycles. The summed E-state index contributed by atoms with van der Waals surface area (Å²) in [7, 11) is 1.55. The van der Waals surface area contributed by atoms with Gasteiger partial charge in [-0.25, -0.2) is 0 Å². The lowest BCUT2D eigenvalue weighted by Crippen LogP contribution is -2.27. The van der Waals surface area contributed by atoms with Crippen molar-refractivity contribution in [3.63, 3.8) is 0 Å². The van der Waals surface area contributed by atoms with Crippen LogP contribution in [0.5, 0.6) is 11.5 Å². The van der Waals surface area contributed by atoms with Crippen molar-refractivity contribution in [3.05, 3.63) is 59.9 Å². The molecule has 1 aliphatic carbocycles. The number of amides is 1. The molecular weight excluding hydrogens is 457 g/mol. The maximum absolute atomic E-state index is 13.3. The van der Waals surface area contributed by atoms with Crippen LogP contribution in [0.15, 0.2) is 53.7 Å². The van der Waals surface area contributed by atoms with Crippen LogP contribution in [-0.2, 0) is 17.6 Å². The molecule has 1 saturated carbocycles. The number of methoxy groups -OCH3 is 1. The molecular formula is C22H21F3N4O3S. The highest BCUT2D eigenvalue weighted by Crippen LogP contribution is 2.32. The molecule has 11 heteroatoms. The van der Waals surface area contributed by atoms with Gasteiger partial charge in [0.05, 0.1) is 24.1 Å². The Kier molecular flexibility index (Phi) is 6.77. The van der Waals surface area contributed by atoms with Crippen LogP contribution in [0.2, 0.25) is 0 Å². The number of hydrogen-bond donors (Lipinski definition) is 1. The SMILES string of the molecule is COc1ccc(OCc2nnc(SCC(=O)NC3CC3)n2-c2cccc(C(F)(F)F)c2)cc1. The Hall–Kier alpha value is -3.21. The highest BCUT2D eigenvalue weighted by atomic mass is 32.2. The van der Waals surface area contributed by atoms with Crippen LogP contribution >= 0.6 is 11.8 Å². The van der Waals surface area contributed by atoms with Crippen molar-refractivity contribution < 1.29 is 27.4 Å². The summed E-state index contributed by atoms with van der Waals surface area (Å²) in [5, 5.41) is 11.4. The molecule has 0 atom stereocenters. The van der Waals surface area contributed by atoms with Gasteiger partial charge >= 0.3 is 6.18 Å². The highest BCUT2D eigenvalue weighted by molar-refractivity contribution is 7.99. The van der Waals surface area contributed by atoms with E-state index >= 15 is 0 Å². The standard InChI is InChI=1S/C22H21F3N4O3S/c1-31-17-7-9-18(10-8-17)32-12-19-27-28-21(33-13-20(30)26-15-5-6-15)29(19)16-4-2-3-14(11-16)22(23,24)25/h2-4,7-11,15H,5-6,12-13H2,1H3,(H,26,30). The third-order valence-corrected chi connectivity index (χ3v) is 5.76. The van der Waals surface area contributed by atoms with Gasteiger partial charge in [-0.05, 0) is 55.3 Å². The molecule has 1 amide bonds. The number of hydrogen-bond acceptors (Lipinski definition) is 6. The van der Waals surface area contributed by atoms with Crippen molar-refractivity contribution in [2.75, 3.05) is 12.9 Å². The lowest BCUT2D eigenvalue weighted by atomic mass is 10.2. The average molecular weight is 478 g/mol. The number of halogens is 3. The van der Waals surface area contributed by atoms with Crippen LogP contribution in [0.3, 0.4) is 0 Å². The second-order valence-electron chi connectivity index (χ2n) is 7.38. The Bertz CT molecular complexity index is 1110. The first-order valence-corrected chi connectivity index (χ1v) is 11.1. The zero-order valence-electron chi connectivity index (χ0n) is 17.6. The highest BCUT2D eigenvalue weighted by Gasteiger charge is 2.31. The number of alkyl halides is 3. The minimum absolute atomic E-state index is 0.0373. The Labute approximate surface area is 192 Å². The Morgan fingerprint density at radius 3 is 2.55 bits per heavy atom. The van der Waals surface area contributed by atoms with Crippen molar-refractivity contribution in [2.45, 2.75) is 36.8 Å². The number of aromatic nitrogens is 3. The van der Waals surface area contributed by atoms with Gasteiger partial charge in [0.25, 0.3) is 0 Å². The first kappa shape index (κ1) is 23.0. The van der Waals surface area contributed by atoms with Gasteiger partial charge in [-0.15, -0.1) is 10.2 Å². The zero-order chi connectivity index (χ0) is 23.4. The summed E-state index contributed by atoms with van der Waals surface area (Å²) in [6.45, 7) is -0.0373. The predicted octanol–water partition coefficient (Wildman–Crippen LogP) is 4.24. The average Bonchev–Trinajstić information content (AvgIpc) is 3.52. The lowest BCUT2D eigenvalue weighted by molar-refractivity contribution is -0.137. The largest absolute Gasteiger partial charge is 0.497 e. The summed E-state index contributed by atoms with van der Waals surface area (Å²) in [5.74, 6) is 1.42. The molecule has 0 saturated heterocycles. The quantitative estimate of drug-likeness (QED) is 0.464. The van der Waals surface area contributed by atoms with E-state index in [1.807, 2.05) is 0 Å². The van der Waals surface area contributed by atoms with Gasteiger partial charge in [-0.3, -0.25) is 9.36 Å². The third kappa shape index (κ3) is 5.98. The summed E-state index contributed by atoms with van der Waals surface area (Å²) >= 11 is 1.10. The Morgan fingerprint density at radius 1 is 1.15 bits per heavy atom. The zero-order valence-corrected chi connectivity index (χ0v) is 18.4. The topological polar surface area (TPSA) is 78.3 Å². The molecule has 1 fully saturated rings. The van der Waals surface area contributed by atoms with Crippen molar-refractivity contribution in [2.24, 2.45) is 0 Å². The summed E-state index contributed by atoms with van der Waals surface area (Å²) < 4.78 is 52.2. The summed E-state index contributed by atoms with van der Waals surface area (Å²) in [5.41, 5.74) is -0.564. The predicted molar refractivity (Wildman–Crippen MR) is 116 cm³/mol. The van der Waals surface area contributed by atoms with E-state index in [0.717, 1.165) is 36.7 Å². The molecule has 3 aromatic rings. The second-order valence-corrected chi connectivity index (χ2v) is 8.32. The first-order chi connectivity index (χ1) is 15.8. The molecule has 0 radical (unpaired) electrons. The smallest absolute Gasteiger partial charge is 0.416 e. The first-order valence-electron chi connectivity index (χ1n) is 10.1. The minimum Gasteiger partial charge on any atom is -0.497 e. The molecule has 2 aromatic carbocycles. The van der Waals surface area contributed by atoms with E-state index in [9.17, 15) is 18.0 Å². The second kappa shape index (κ2) is 9.74. The van der Waals surface area contributed by atoms with Crippen LogP contribution < -0.4 is 14.8 Å². The van der Waals surface area contributed by atoms with Crippen molar-refractivity contribution in [3.8, 4) is 17.2 Å². The van der Waals surface area contributed by atoms with Crippen molar-refractivity contribution >= 4 is 17.7 Å². The Morgan fingerprint density at radius 2 is 1.88 bits per heavy atom. The van der Waals surface area contributed by atoms with Gasteiger partial charge in [-0.2, -0.15) is 13.2 Å². The maximum atomic E-state index is 13.3. The fraction of sp³-hybridized carbons (Fsp3) is 0.318. The molecule has 1 aromatic heterocycles. The van der Waals surface area contributed by atoms with Crippen LogP contribution in [0.4, 0.5) is 13.2 Å². The number of nitrogens with one attached hydrogen (secondary N) is 1.